The lowest BCUT2D eigenvalue weighted by atomic mass is 10.0. The Kier molecular flexibility index (Phi) is 6.80. The Morgan fingerprint density at radius 1 is 1.25 bits per heavy atom. The fourth-order valence-electron chi connectivity index (χ4n) is 3.57. The molecule has 1 heterocycles. The van der Waals surface area contributed by atoms with Gasteiger partial charge in [0.25, 0.3) is 0 Å². The first kappa shape index (κ1) is 19.6. The summed E-state index contributed by atoms with van der Waals surface area (Å²) in [5.74, 6) is 4.03. The molecular formula is C23H26N2O3. The lowest BCUT2D eigenvalue weighted by Gasteiger charge is -2.26. The van der Waals surface area contributed by atoms with Gasteiger partial charge in [0.1, 0.15) is 18.1 Å². The molecule has 0 radical (unpaired) electrons. The molecule has 1 saturated heterocycles. The third-order valence-corrected chi connectivity index (χ3v) is 4.95. The van der Waals surface area contributed by atoms with E-state index in [1.807, 2.05) is 53.4 Å². The monoisotopic (exact) mass is 378 g/mol. The van der Waals surface area contributed by atoms with Gasteiger partial charge in [0.15, 0.2) is 0 Å². The molecule has 2 aromatic rings. The number of hydrogen-bond acceptors (Lipinski definition) is 3. The number of terminal acetylenes is 1. The van der Waals surface area contributed by atoms with Crippen molar-refractivity contribution < 1.29 is 14.3 Å². The highest BCUT2D eigenvalue weighted by atomic mass is 16.5. The molecule has 146 valence electrons. The van der Waals surface area contributed by atoms with Crippen LogP contribution in [0.2, 0.25) is 0 Å². The van der Waals surface area contributed by atoms with Crippen molar-refractivity contribution in [3.63, 3.8) is 0 Å². The fraction of sp³-hybridized carbons (Fsp3) is 0.348. The largest absolute Gasteiger partial charge is 0.496 e. The molecule has 3 rings (SSSR count). The van der Waals surface area contributed by atoms with Crippen LogP contribution in [-0.2, 0) is 6.42 Å². The number of rotatable bonds is 7. The second kappa shape index (κ2) is 9.70. The summed E-state index contributed by atoms with van der Waals surface area (Å²) in [6, 6.07) is 15.7. The number of nitrogens with zero attached hydrogens (tertiary/aromatic N) is 1. The first-order valence-corrected chi connectivity index (χ1v) is 9.55. The molecule has 1 aliphatic rings. The number of likely N-dealkylation sites (tertiary alicyclic amines) is 1. The third kappa shape index (κ3) is 4.77. The summed E-state index contributed by atoms with van der Waals surface area (Å²) in [5.41, 5.74) is 2.20. The van der Waals surface area contributed by atoms with Crippen molar-refractivity contribution in [2.75, 3.05) is 26.8 Å². The van der Waals surface area contributed by atoms with Crippen molar-refractivity contribution in [2.24, 2.45) is 0 Å². The van der Waals surface area contributed by atoms with Gasteiger partial charge in [-0.15, -0.1) is 6.42 Å². The quantitative estimate of drug-likeness (QED) is 0.746. The standard InChI is InChI=1S/C23H26N2O3/c1-3-17-28-19-12-10-18(11-13-19)14-15-24-23(26)25-16-6-8-21(25)20-7-4-5-9-22(20)27-2/h1,4-5,7,9-13,21H,6,8,14-17H2,2H3,(H,24,26). The maximum absolute atomic E-state index is 12.7. The molecule has 0 aliphatic carbocycles. The molecule has 2 aromatic carbocycles. The Hall–Kier alpha value is -3.13. The number of ether oxygens (including phenoxy) is 2. The number of nitrogens with one attached hydrogen (secondary N) is 1. The molecule has 1 atom stereocenters. The second-order valence-electron chi connectivity index (χ2n) is 6.71. The number of amides is 2. The molecule has 0 aromatic heterocycles. The summed E-state index contributed by atoms with van der Waals surface area (Å²) in [6.07, 6.45) is 7.89. The molecule has 1 fully saturated rings. The first-order chi connectivity index (χ1) is 13.7. The molecule has 2 amide bonds. The maximum Gasteiger partial charge on any atom is 0.317 e. The highest BCUT2D eigenvalue weighted by molar-refractivity contribution is 5.75. The van der Waals surface area contributed by atoms with Crippen LogP contribution in [0.1, 0.15) is 30.0 Å². The predicted molar refractivity (Wildman–Crippen MR) is 110 cm³/mol. The molecular weight excluding hydrogens is 352 g/mol. The summed E-state index contributed by atoms with van der Waals surface area (Å²) >= 11 is 0. The van der Waals surface area contributed by atoms with Crippen molar-refractivity contribution in [1.82, 2.24) is 10.2 Å². The minimum atomic E-state index is -0.0256. The van der Waals surface area contributed by atoms with Crippen LogP contribution >= 0.6 is 0 Å². The van der Waals surface area contributed by atoms with E-state index in [2.05, 4.69) is 11.2 Å². The maximum atomic E-state index is 12.7. The summed E-state index contributed by atoms with van der Waals surface area (Å²) in [6.45, 7) is 1.60. The van der Waals surface area contributed by atoms with Gasteiger partial charge in [0.05, 0.1) is 13.2 Å². The summed E-state index contributed by atoms with van der Waals surface area (Å²) in [5, 5.41) is 3.05. The SMILES string of the molecule is C#CCOc1ccc(CCNC(=O)N2CCCC2c2ccccc2OC)cc1. The van der Waals surface area contributed by atoms with Crippen molar-refractivity contribution in [3.8, 4) is 23.8 Å². The zero-order valence-corrected chi connectivity index (χ0v) is 16.2. The van der Waals surface area contributed by atoms with Gasteiger partial charge in [0, 0.05) is 18.7 Å². The van der Waals surface area contributed by atoms with Crippen LogP contribution < -0.4 is 14.8 Å². The molecule has 1 aliphatic heterocycles. The van der Waals surface area contributed by atoms with E-state index < -0.39 is 0 Å². The molecule has 0 spiro atoms. The van der Waals surface area contributed by atoms with Crippen LogP contribution in [0.15, 0.2) is 48.5 Å². The number of carbonyl (C=O) groups is 1. The van der Waals surface area contributed by atoms with Gasteiger partial charge in [-0.25, -0.2) is 4.79 Å². The minimum absolute atomic E-state index is 0.0256. The number of para-hydroxylation sites is 1. The molecule has 5 heteroatoms. The van der Waals surface area contributed by atoms with E-state index in [9.17, 15) is 4.79 Å². The summed E-state index contributed by atoms with van der Waals surface area (Å²) < 4.78 is 10.8. The lowest BCUT2D eigenvalue weighted by Crippen LogP contribution is -2.40. The van der Waals surface area contributed by atoms with Gasteiger partial charge in [0.2, 0.25) is 0 Å². The van der Waals surface area contributed by atoms with Crippen molar-refractivity contribution >= 4 is 6.03 Å². The number of urea groups is 1. The van der Waals surface area contributed by atoms with Gasteiger partial charge in [-0.3, -0.25) is 0 Å². The Labute approximate surface area is 166 Å². The van der Waals surface area contributed by atoms with Crippen LogP contribution in [0.25, 0.3) is 0 Å². The van der Waals surface area contributed by atoms with Crippen LogP contribution in [0.5, 0.6) is 11.5 Å². The van der Waals surface area contributed by atoms with Crippen molar-refractivity contribution in [2.45, 2.75) is 25.3 Å². The molecule has 0 saturated carbocycles. The number of methoxy groups -OCH3 is 1. The highest BCUT2D eigenvalue weighted by Crippen LogP contribution is 2.36. The Morgan fingerprint density at radius 2 is 2.04 bits per heavy atom. The number of carbonyl (C=O) groups excluding carboxylic acids is 1. The highest BCUT2D eigenvalue weighted by Gasteiger charge is 2.31. The molecule has 28 heavy (non-hydrogen) atoms. The van der Waals surface area contributed by atoms with Crippen LogP contribution in [-0.4, -0.2) is 37.7 Å². The normalized spacial score (nSPS) is 15.7. The van der Waals surface area contributed by atoms with E-state index >= 15 is 0 Å². The fourth-order valence-corrected chi connectivity index (χ4v) is 3.57. The number of hydrogen-bond donors (Lipinski definition) is 1. The number of benzene rings is 2. The molecule has 1 N–H and O–H groups in total. The average molecular weight is 378 g/mol. The molecule has 0 bridgehead atoms. The smallest absolute Gasteiger partial charge is 0.317 e. The van der Waals surface area contributed by atoms with Crippen LogP contribution in [0.4, 0.5) is 4.79 Å². The first-order valence-electron chi connectivity index (χ1n) is 9.55. The van der Waals surface area contributed by atoms with E-state index in [1.165, 1.54) is 0 Å². The van der Waals surface area contributed by atoms with E-state index in [1.54, 1.807) is 7.11 Å². The van der Waals surface area contributed by atoms with Gasteiger partial charge in [-0.1, -0.05) is 36.3 Å². The van der Waals surface area contributed by atoms with Gasteiger partial charge < -0.3 is 19.7 Å². The van der Waals surface area contributed by atoms with Crippen molar-refractivity contribution in [3.05, 3.63) is 59.7 Å². The van der Waals surface area contributed by atoms with Gasteiger partial charge >= 0.3 is 6.03 Å². The third-order valence-electron chi connectivity index (χ3n) is 4.95. The van der Waals surface area contributed by atoms with E-state index in [0.717, 1.165) is 48.4 Å². The zero-order valence-electron chi connectivity index (χ0n) is 16.2. The summed E-state index contributed by atoms with van der Waals surface area (Å²) in [4.78, 5) is 14.6. The van der Waals surface area contributed by atoms with E-state index in [-0.39, 0.29) is 18.7 Å². The second-order valence-corrected chi connectivity index (χ2v) is 6.71. The Balaban J connectivity index is 1.53. The summed E-state index contributed by atoms with van der Waals surface area (Å²) in [7, 11) is 1.67. The topological polar surface area (TPSA) is 50.8 Å². The Bertz CT molecular complexity index is 826. The minimum Gasteiger partial charge on any atom is -0.496 e. The van der Waals surface area contributed by atoms with Crippen molar-refractivity contribution in [1.29, 1.82) is 0 Å². The molecule has 5 nitrogen and oxygen atoms in total. The predicted octanol–water partition coefficient (Wildman–Crippen LogP) is 3.80. The zero-order chi connectivity index (χ0) is 19.8. The van der Waals surface area contributed by atoms with Gasteiger partial charge in [-0.05, 0) is 43.0 Å². The lowest BCUT2D eigenvalue weighted by molar-refractivity contribution is 0.192. The van der Waals surface area contributed by atoms with Crippen LogP contribution in [0, 0.1) is 12.3 Å². The average Bonchev–Trinajstić information content (AvgIpc) is 3.23. The van der Waals surface area contributed by atoms with Crippen LogP contribution in [0.3, 0.4) is 0 Å². The Morgan fingerprint density at radius 3 is 2.79 bits per heavy atom. The van der Waals surface area contributed by atoms with E-state index in [0.29, 0.717) is 6.54 Å². The van der Waals surface area contributed by atoms with E-state index in [4.69, 9.17) is 15.9 Å². The van der Waals surface area contributed by atoms with Gasteiger partial charge in [-0.2, -0.15) is 0 Å². The molecule has 1 unspecified atom stereocenters.